The minimum Gasteiger partial charge on any atom is -0.481 e. The Hall–Kier alpha value is -1.64. The van der Waals surface area contributed by atoms with E-state index >= 15 is 0 Å². The van der Waals surface area contributed by atoms with Crippen molar-refractivity contribution in [3.8, 4) is 0 Å². The molecule has 0 bridgehead atoms. The maximum absolute atomic E-state index is 12.6. The second-order valence-electron chi connectivity index (χ2n) is 7.01. The van der Waals surface area contributed by atoms with Crippen LogP contribution in [0.2, 0.25) is 0 Å². The number of carbonyl (C=O) groups excluding carboxylic acids is 1. The molecule has 0 aromatic heterocycles. The number of benzene rings is 1. The summed E-state index contributed by atoms with van der Waals surface area (Å²) >= 11 is 0. The Balaban J connectivity index is 2.11. The van der Waals surface area contributed by atoms with Crippen LogP contribution in [-0.4, -0.2) is 16.9 Å². The summed E-state index contributed by atoms with van der Waals surface area (Å²) in [4.78, 5) is 23.8. The molecular formula is C19H26O3. The molecule has 1 aliphatic carbocycles. The van der Waals surface area contributed by atoms with Crippen LogP contribution in [0.5, 0.6) is 0 Å². The van der Waals surface area contributed by atoms with E-state index < -0.39 is 5.97 Å². The first-order valence-corrected chi connectivity index (χ1v) is 8.27. The van der Waals surface area contributed by atoms with E-state index in [1.807, 2.05) is 24.3 Å². The first-order chi connectivity index (χ1) is 10.4. The van der Waals surface area contributed by atoms with Crippen LogP contribution in [-0.2, 0) is 4.79 Å². The molecule has 0 unspecified atom stereocenters. The van der Waals surface area contributed by atoms with E-state index in [-0.39, 0.29) is 17.6 Å². The van der Waals surface area contributed by atoms with Crippen LogP contribution in [0.4, 0.5) is 0 Å². The highest BCUT2D eigenvalue weighted by Crippen LogP contribution is 2.43. The van der Waals surface area contributed by atoms with Gasteiger partial charge in [-0.15, -0.1) is 0 Å². The van der Waals surface area contributed by atoms with Gasteiger partial charge in [-0.25, -0.2) is 0 Å². The third kappa shape index (κ3) is 4.19. The number of hydrogen-bond acceptors (Lipinski definition) is 2. The van der Waals surface area contributed by atoms with Crippen molar-refractivity contribution in [3.63, 3.8) is 0 Å². The lowest BCUT2D eigenvalue weighted by Gasteiger charge is -2.35. The van der Waals surface area contributed by atoms with Gasteiger partial charge >= 0.3 is 5.97 Å². The van der Waals surface area contributed by atoms with E-state index in [0.717, 1.165) is 32.1 Å². The highest BCUT2D eigenvalue weighted by atomic mass is 16.4. The van der Waals surface area contributed by atoms with Gasteiger partial charge in [-0.05, 0) is 29.7 Å². The smallest absolute Gasteiger partial charge is 0.303 e. The summed E-state index contributed by atoms with van der Waals surface area (Å²) in [5.41, 5.74) is 1.59. The Kier molecular flexibility index (Phi) is 5.38. The number of carboxylic acid groups (broad SMARTS) is 1. The fourth-order valence-corrected chi connectivity index (χ4v) is 3.54. The van der Waals surface area contributed by atoms with Gasteiger partial charge in [-0.2, -0.15) is 0 Å². The largest absolute Gasteiger partial charge is 0.481 e. The van der Waals surface area contributed by atoms with Gasteiger partial charge in [0.2, 0.25) is 0 Å². The minimum absolute atomic E-state index is 0.0819. The number of rotatable bonds is 6. The van der Waals surface area contributed by atoms with Crippen molar-refractivity contribution in [3.05, 3.63) is 35.4 Å². The third-order valence-electron chi connectivity index (χ3n) is 4.88. The lowest BCUT2D eigenvalue weighted by atomic mass is 9.68. The van der Waals surface area contributed by atoms with Gasteiger partial charge in [-0.1, -0.05) is 57.4 Å². The van der Waals surface area contributed by atoms with Crippen molar-refractivity contribution in [1.29, 1.82) is 0 Å². The maximum Gasteiger partial charge on any atom is 0.303 e. The highest BCUT2D eigenvalue weighted by molar-refractivity contribution is 5.96. The predicted molar refractivity (Wildman–Crippen MR) is 87.2 cm³/mol. The Morgan fingerprint density at radius 2 is 1.64 bits per heavy atom. The van der Waals surface area contributed by atoms with Crippen LogP contribution in [0.1, 0.15) is 80.6 Å². The molecule has 0 amide bonds. The van der Waals surface area contributed by atoms with Crippen LogP contribution >= 0.6 is 0 Å². The summed E-state index contributed by atoms with van der Waals surface area (Å²) < 4.78 is 0. The lowest BCUT2D eigenvalue weighted by Crippen LogP contribution is -2.30. The van der Waals surface area contributed by atoms with Crippen LogP contribution in [0, 0.1) is 5.41 Å². The van der Waals surface area contributed by atoms with Gasteiger partial charge < -0.3 is 5.11 Å². The van der Waals surface area contributed by atoms with E-state index in [2.05, 4.69) is 13.8 Å². The molecule has 120 valence electrons. The summed E-state index contributed by atoms with van der Waals surface area (Å²) in [6.07, 6.45) is 5.41. The topological polar surface area (TPSA) is 54.4 Å². The minimum atomic E-state index is -0.787. The molecule has 1 N–H and O–H groups in total. The summed E-state index contributed by atoms with van der Waals surface area (Å²) in [6.45, 7) is 4.25. The second kappa shape index (κ2) is 7.08. The molecule has 1 saturated carbocycles. The molecule has 2 rings (SSSR count). The Labute approximate surface area is 132 Å². The highest BCUT2D eigenvalue weighted by Gasteiger charge is 2.36. The van der Waals surface area contributed by atoms with Crippen LogP contribution in [0.25, 0.3) is 0 Å². The predicted octanol–water partition coefficient (Wildman–Crippen LogP) is 4.81. The molecule has 1 aliphatic rings. The molecule has 0 spiro atoms. The first kappa shape index (κ1) is 16.7. The van der Waals surface area contributed by atoms with Crippen molar-refractivity contribution in [1.82, 2.24) is 0 Å². The van der Waals surface area contributed by atoms with E-state index in [4.69, 9.17) is 0 Å². The van der Waals surface area contributed by atoms with Crippen molar-refractivity contribution in [2.75, 3.05) is 0 Å². The van der Waals surface area contributed by atoms with Gasteiger partial charge in [0.25, 0.3) is 0 Å². The van der Waals surface area contributed by atoms with Gasteiger partial charge in [0.15, 0.2) is 5.78 Å². The molecule has 3 heteroatoms. The monoisotopic (exact) mass is 302 g/mol. The number of ketones is 1. The van der Waals surface area contributed by atoms with Crippen molar-refractivity contribution in [2.45, 2.75) is 64.7 Å². The summed E-state index contributed by atoms with van der Waals surface area (Å²) in [7, 11) is 0. The standard InChI is InChI=1S/C19H26O3/c1-14(2)15-6-8-16(9-7-15)17(20)12-19(13-18(21)22)10-4-3-5-11-19/h6-9,14H,3-5,10-13H2,1-2H3,(H,21,22). The van der Waals surface area contributed by atoms with Crippen LogP contribution in [0.15, 0.2) is 24.3 Å². The molecule has 1 fully saturated rings. The molecule has 1 aromatic rings. The van der Waals surface area contributed by atoms with E-state index in [1.54, 1.807) is 0 Å². The van der Waals surface area contributed by atoms with Crippen molar-refractivity contribution < 1.29 is 14.7 Å². The van der Waals surface area contributed by atoms with Gasteiger partial charge in [0.1, 0.15) is 0 Å². The van der Waals surface area contributed by atoms with Crippen molar-refractivity contribution >= 4 is 11.8 Å². The number of carboxylic acids is 1. The summed E-state index contributed by atoms with van der Waals surface area (Å²) in [5.74, 6) is -0.260. The lowest BCUT2D eigenvalue weighted by molar-refractivity contribution is -0.140. The zero-order valence-electron chi connectivity index (χ0n) is 13.6. The Morgan fingerprint density at radius 3 is 2.14 bits per heavy atom. The molecule has 0 radical (unpaired) electrons. The van der Waals surface area contributed by atoms with Gasteiger partial charge in [-0.3, -0.25) is 9.59 Å². The molecule has 0 aliphatic heterocycles. The second-order valence-corrected chi connectivity index (χ2v) is 7.01. The zero-order valence-corrected chi connectivity index (χ0v) is 13.6. The number of hydrogen-bond donors (Lipinski definition) is 1. The molecule has 0 heterocycles. The molecule has 0 atom stereocenters. The molecule has 0 saturated heterocycles. The summed E-state index contributed by atoms with van der Waals surface area (Å²) in [6, 6.07) is 7.77. The van der Waals surface area contributed by atoms with E-state index in [9.17, 15) is 14.7 Å². The first-order valence-electron chi connectivity index (χ1n) is 8.27. The number of Topliss-reactive ketones (excluding diaryl/α,β-unsaturated/α-hetero) is 1. The van der Waals surface area contributed by atoms with Crippen LogP contribution in [0.3, 0.4) is 0 Å². The molecule has 3 nitrogen and oxygen atoms in total. The fourth-order valence-electron chi connectivity index (χ4n) is 3.54. The van der Waals surface area contributed by atoms with Crippen molar-refractivity contribution in [2.24, 2.45) is 5.41 Å². The maximum atomic E-state index is 12.6. The quantitative estimate of drug-likeness (QED) is 0.767. The molecule has 1 aromatic carbocycles. The summed E-state index contributed by atoms with van der Waals surface area (Å²) in [5, 5.41) is 9.20. The molecular weight excluding hydrogens is 276 g/mol. The van der Waals surface area contributed by atoms with E-state index in [0.29, 0.717) is 17.9 Å². The van der Waals surface area contributed by atoms with E-state index in [1.165, 1.54) is 5.56 Å². The number of aliphatic carboxylic acids is 1. The average molecular weight is 302 g/mol. The SMILES string of the molecule is CC(C)c1ccc(C(=O)CC2(CC(=O)O)CCCCC2)cc1. The third-order valence-corrected chi connectivity index (χ3v) is 4.88. The number of carbonyl (C=O) groups is 2. The molecule has 22 heavy (non-hydrogen) atoms. The fraction of sp³-hybridized carbons (Fsp3) is 0.579. The Morgan fingerprint density at radius 1 is 1.05 bits per heavy atom. The zero-order chi connectivity index (χ0) is 16.2. The van der Waals surface area contributed by atoms with Gasteiger partial charge in [0, 0.05) is 12.0 Å². The van der Waals surface area contributed by atoms with Crippen LogP contribution < -0.4 is 0 Å². The Bertz CT molecular complexity index is 522. The van der Waals surface area contributed by atoms with Gasteiger partial charge in [0.05, 0.1) is 6.42 Å². The normalized spacial score (nSPS) is 17.4. The average Bonchev–Trinajstić information content (AvgIpc) is 2.47.